The highest BCUT2D eigenvalue weighted by atomic mass is 16.4. The molecule has 0 radical (unpaired) electrons. The lowest BCUT2D eigenvalue weighted by Crippen LogP contribution is -2.54. The first-order chi connectivity index (χ1) is 21.4. The lowest BCUT2D eigenvalue weighted by Gasteiger charge is -2.54. The number of aromatic hydroxyl groups is 1. The van der Waals surface area contributed by atoms with Crippen LogP contribution in [0.1, 0.15) is 77.6 Å². The number of amides is 2. The maximum absolute atomic E-state index is 13.6. The number of nitrogens with one attached hydrogen (secondary N) is 3. The van der Waals surface area contributed by atoms with Crippen LogP contribution in [0.2, 0.25) is 0 Å². The quantitative estimate of drug-likeness (QED) is 0.141. The topological polar surface area (TPSA) is 218 Å². The highest BCUT2D eigenvalue weighted by Crippen LogP contribution is 2.58. The summed E-state index contributed by atoms with van der Waals surface area (Å²) >= 11 is 0. The smallest absolute Gasteiger partial charge is 0.309 e. The molecular weight excluding hydrogens is 582 g/mol. The fraction of sp³-hybridized carbons (Fsp3) is 0.387. The molecule has 2 aromatic heterocycles. The zero-order valence-corrected chi connectivity index (χ0v) is 24.6. The number of aliphatic carboxylic acids is 1. The predicted molar refractivity (Wildman–Crippen MR) is 162 cm³/mol. The Hall–Kier alpha value is -5.27. The largest absolute Gasteiger partial charge is 0.493 e. The van der Waals surface area contributed by atoms with Gasteiger partial charge in [0.15, 0.2) is 0 Å². The van der Waals surface area contributed by atoms with E-state index in [1.54, 1.807) is 12.1 Å². The minimum Gasteiger partial charge on any atom is -0.493 e. The Bertz CT molecular complexity index is 1900. The average Bonchev–Trinajstić information content (AvgIpc) is 3.44. The molecule has 3 aliphatic rings. The highest BCUT2D eigenvalue weighted by Gasteiger charge is 2.54. The van der Waals surface area contributed by atoms with Crippen molar-refractivity contribution in [3.05, 3.63) is 79.5 Å². The molecule has 2 heterocycles. The predicted octanol–water partition coefficient (Wildman–Crippen LogP) is 1.70. The monoisotopic (exact) mass is 615 g/mol. The van der Waals surface area contributed by atoms with Crippen LogP contribution in [0.3, 0.4) is 0 Å². The maximum Gasteiger partial charge on any atom is 0.309 e. The summed E-state index contributed by atoms with van der Waals surface area (Å²) < 4.78 is 1.17. The van der Waals surface area contributed by atoms with E-state index in [9.17, 15) is 34.2 Å². The van der Waals surface area contributed by atoms with Crippen LogP contribution >= 0.6 is 0 Å². The van der Waals surface area contributed by atoms with Crippen molar-refractivity contribution >= 4 is 34.9 Å². The molecule has 45 heavy (non-hydrogen) atoms. The van der Waals surface area contributed by atoms with Crippen LogP contribution in [-0.2, 0) is 17.9 Å². The Morgan fingerprint density at radius 3 is 2.31 bits per heavy atom. The minimum atomic E-state index is -0.748. The molecule has 0 aliphatic heterocycles. The van der Waals surface area contributed by atoms with E-state index in [1.165, 1.54) is 10.5 Å². The molecule has 4 aromatic rings. The van der Waals surface area contributed by atoms with Gasteiger partial charge in [-0.3, -0.25) is 24.0 Å². The van der Waals surface area contributed by atoms with Crippen LogP contribution in [0.5, 0.6) is 5.88 Å². The van der Waals surface area contributed by atoms with Gasteiger partial charge in [-0.05, 0) is 68.1 Å². The van der Waals surface area contributed by atoms with Gasteiger partial charge in [0.1, 0.15) is 22.8 Å². The third-order valence-corrected chi connectivity index (χ3v) is 9.81. The highest BCUT2D eigenvalue weighted by molar-refractivity contribution is 5.98. The van der Waals surface area contributed by atoms with Crippen LogP contribution in [0.15, 0.2) is 46.1 Å². The van der Waals surface area contributed by atoms with Gasteiger partial charge in [0.2, 0.25) is 11.7 Å². The number of aromatic nitrogens is 3. The van der Waals surface area contributed by atoms with E-state index in [4.69, 9.17) is 5.73 Å². The van der Waals surface area contributed by atoms with Crippen LogP contribution in [0, 0.1) is 10.8 Å². The lowest BCUT2D eigenvalue weighted by atomic mass is 9.52. The van der Waals surface area contributed by atoms with Crippen LogP contribution in [-0.4, -0.2) is 48.4 Å². The molecule has 0 spiro atoms. The summed E-state index contributed by atoms with van der Waals surface area (Å²) in [6, 6.07) is 8.24. The Kier molecular flexibility index (Phi) is 7.29. The lowest BCUT2D eigenvalue weighted by molar-refractivity contribution is -0.159. The number of nitrogens with zero attached hydrogens (tertiary/aromatic N) is 3. The van der Waals surface area contributed by atoms with Gasteiger partial charge in [-0.15, -0.1) is 0 Å². The van der Waals surface area contributed by atoms with E-state index in [-0.39, 0.29) is 59.0 Å². The summed E-state index contributed by atoms with van der Waals surface area (Å²) in [5, 5.41) is 28.8. The van der Waals surface area contributed by atoms with Crippen LogP contribution in [0.25, 0.3) is 5.78 Å². The van der Waals surface area contributed by atoms with Crippen molar-refractivity contribution in [2.75, 3.05) is 11.1 Å². The van der Waals surface area contributed by atoms with E-state index in [2.05, 4.69) is 25.9 Å². The number of nitrogens with two attached hydrogens (primary N) is 1. The van der Waals surface area contributed by atoms with Gasteiger partial charge in [0, 0.05) is 19.1 Å². The Morgan fingerprint density at radius 2 is 1.67 bits per heavy atom. The Balaban J connectivity index is 1.14. The van der Waals surface area contributed by atoms with E-state index in [0.717, 1.165) is 17.3 Å². The molecule has 14 heteroatoms. The summed E-state index contributed by atoms with van der Waals surface area (Å²) in [4.78, 5) is 69.9. The molecule has 0 saturated heterocycles. The van der Waals surface area contributed by atoms with Gasteiger partial charge < -0.3 is 31.9 Å². The van der Waals surface area contributed by atoms with Crippen LogP contribution in [0.4, 0.5) is 11.4 Å². The number of carboxylic acid groups (broad SMARTS) is 1. The van der Waals surface area contributed by atoms with Gasteiger partial charge in [-0.1, -0.05) is 24.3 Å². The molecule has 1 unspecified atom stereocenters. The van der Waals surface area contributed by atoms with E-state index in [1.807, 2.05) is 19.1 Å². The second-order valence-electron chi connectivity index (χ2n) is 12.2. The summed E-state index contributed by atoms with van der Waals surface area (Å²) in [7, 11) is 0. The normalized spacial score (nSPS) is 21.4. The minimum absolute atomic E-state index is 0.0134. The fourth-order valence-corrected chi connectivity index (χ4v) is 6.77. The Labute approximate surface area is 256 Å². The second-order valence-corrected chi connectivity index (χ2v) is 12.2. The first kappa shape index (κ1) is 29.8. The summed E-state index contributed by atoms with van der Waals surface area (Å²) in [6.07, 6.45) is 4.93. The summed E-state index contributed by atoms with van der Waals surface area (Å²) in [5.74, 6) is -2.16. The SMILES string of the molecule is CC(NC(=O)c1cc(C(=O)NCc2cccc(CNc3c(N)c(=O)c3=O)c2)nc2ncc(O)n12)C12CCC(C(=O)O)(CC1)CC2. The number of carbonyl (C=O) groups excluding carboxylic acids is 2. The molecular formula is C31H33N7O7. The van der Waals surface area contributed by atoms with E-state index in [0.29, 0.717) is 38.5 Å². The van der Waals surface area contributed by atoms with Crippen molar-refractivity contribution in [3.63, 3.8) is 0 Å². The molecule has 2 bridgehead atoms. The number of carboxylic acids is 1. The number of hydrogen-bond acceptors (Lipinski definition) is 10. The molecule has 2 amide bonds. The molecule has 14 nitrogen and oxygen atoms in total. The number of carbonyl (C=O) groups is 3. The third kappa shape index (κ3) is 5.15. The molecule has 3 aliphatic carbocycles. The third-order valence-electron chi connectivity index (χ3n) is 9.81. The molecule has 1 atom stereocenters. The first-order valence-corrected chi connectivity index (χ1v) is 14.7. The van der Waals surface area contributed by atoms with Gasteiger partial charge >= 0.3 is 5.97 Å². The van der Waals surface area contributed by atoms with E-state index >= 15 is 0 Å². The molecule has 7 N–H and O–H groups in total. The molecule has 2 aromatic carbocycles. The van der Waals surface area contributed by atoms with Gasteiger partial charge in [0.05, 0.1) is 11.6 Å². The zero-order valence-electron chi connectivity index (χ0n) is 24.6. The summed E-state index contributed by atoms with van der Waals surface area (Å²) in [6.45, 7) is 2.29. The van der Waals surface area contributed by atoms with E-state index < -0.39 is 34.1 Å². The number of hydrogen-bond donors (Lipinski definition) is 6. The zero-order chi connectivity index (χ0) is 32.1. The second kappa shape index (κ2) is 11.0. The van der Waals surface area contributed by atoms with Crippen LogP contribution < -0.4 is 32.5 Å². The molecule has 7 rings (SSSR count). The number of fused-ring (bicyclic) bond motifs is 4. The first-order valence-electron chi connectivity index (χ1n) is 14.7. The number of nitrogen functional groups attached to an aromatic ring is 1. The van der Waals surface area contributed by atoms with Crippen molar-refractivity contribution in [2.24, 2.45) is 10.8 Å². The Morgan fingerprint density at radius 1 is 1.00 bits per heavy atom. The number of imidazole rings is 1. The van der Waals surface area contributed by atoms with Gasteiger partial charge in [0.25, 0.3) is 22.7 Å². The molecule has 3 fully saturated rings. The standard InChI is InChI=1S/C31H33N7O7/c1-16(30-5-8-31(9-6-30,10-7-30)28(44)45)36-27(43)20-12-19(37-29-35-15-21(39)38(20)29)26(42)34-14-18-4-2-3-17(11-18)13-33-23-22(32)24(40)25(23)41/h2-4,11-12,15-16,33,39H,5-10,13-14,32H2,1H3,(H,34,42)(H,36,43)(H,44,45). The van der Waals surface area contributed by atoms with Crippen molar-refractivity contribution < 1.29 is 24.6 Å². The average molecular weight is 616 g/mol. The number of rotatable bonds is 10. The van der Waals surface area contributed by atoms with Crippen molar-refractivity contribution in [3.8, 4) is 5.88 Å². The molecule has 3 saturated carbocycles. The van der Waals surface area contributed by atoms with Crippen molar-refractivity contribution in [1.29, 1.82) is 0 Å². The maximum atomic E-state index is 13.6. The number of anilines is 2. The van der Waals surface area contributed by atoms with Crippen molar-refractivity contribution in [2.45, 2.75) is 64.6 Å². The number of benzene rings is 1. The van der Waals surface area contributed by atoms with Gasteiger partial charge in [-0.25, -0.2) is 14.4 Å². The fourth-order valence-electron chi connectivity index (χ4n) is 6.77. The van der Waals surface area contributed by atoms with Gasteiger partial charge in [-0.2, -0.15) is 0 Å². The summed E-state index contributed by atoms with van der Waals surface area (Å²) in [5.41, 5.74) is 4.78. The van der Waals surface area contributed by atoms with Crippen molar-refractivity contribution in [1.82, 2.24) is 25.0 Å². The molecule has 234 valence electrons.